The first-order chi connectivity index (χ1) is 6.01. The number of aliphatic hydroxyl groups excluding tert-OH is 1. The van der Waals surface area contributed by atoms with E-state index in [1.54, 1.807) is 0 Å². The van der Waals surface area contributed by atoms with Gasteiger partial charge in [-0.3, -0.25) is 4.79 Å². The van der Waals surface area contributed by atoms with E-state index in [9.17, 15) is 4.79 Å². The molecule has 0 aromatic carbocycles. The van der Waals surface area contributed by atoms with Crippen molar-refractivity contribution in [3.05, 3.63) is 0 Å². The molecule has 13 heavy (non-hydrogen) atoms. The lowest BCUT2D eigenvalue weighted by molar-refractivity contribution is -0.129. The summed E-state index contributed by atoms with van der Waals surface area (Å²) in [5.74, 6) is 1.06. The molecule has 1 aliphatic rings. The van der Waals surface area contributed by atoms with Crippen molar-refractivity contribution in [2.45, 2.75) is 40.0 Å². The zero-order chi connectivity index (χ0) is 10.1. The van der Waals surface area contributed by atoms with Crippen LogP contribution >= 0.6 is 0 Å². The van der Waals surface area contributed by atoms with Crippen molar-refractivity contribution in [1.29, 1.82) is 0 Å². The Morgan fingerprint density at radius 1 is 1.62 bits per heavy atom. The summed E-state index contributed by atoms with van der Waals surface area (Å²) in [5.41, 5.74) is -0.232. The second-order valence-electron chi connectivity index (χ2n) is 4.79. The molecule has 0 radical (unpaired) electrons. The second-order valence-corrected chi connectivity index (χ2v) is 4.79. The first-order valence-corrected chi connectivity index (χ1v) is 5.16. The van der Waals surface area contributed by atoms with E-state index in [1.165, 1.54) is 0 Å². The largest absolute Gasteiger partial charge is 0.396 e. The van der Waals surface area contributed by atoms with E-state index in [0.29, 0.717) is 18.1 Å². The zero-order valence-electron chi connectivity index (χ0n) is 8.84. The molecule has 2 atom stereocenters. The first kappa shape index (κ1) is 10.7. The average molecular weight is 184 g/mol. The van der Waals surface area contributed by atoms with Crippen molar-refractivity contribution in [2.75, 3.05) is 6.61 Å². The summed E-state index contributed by atoms with van der Waals surface area (Å²) < 4.78 is 0. The molecule has 1 N–H and O–H groups in total. The minimum absolute atomic E-state index is 0.132. The monoisotopic (exact) mass is 184 g/mol. The summed E-state index contributed by atoms with van der Waals surface area (Å²) in [6, 6.07) is 0. The molecule has 1 saturated carbocycles. The lowest BCUT2D eigenvalue weighted by atomic mass is 9.81. The predicted octanol–water partition coefficient (Wildman–Crippen LogP) is 2.01. The lowest BCUT2D eigenvalue weighted by Gasteiger charge is -2.22. The van der Waals surface area contributed by atoms with Crippen LogP contribution in [-0.2, 0) is 4.79 Å². The van der Waals surface area contributed by atoms with Gasteiger partial charge in [0.05, 0.1) is 0 Å². The molecule has 0 heterocycles. The normalized spacial score (nSPS) is 34.5. The average Bonchev–Trinajstić information content (AvgIpc) is 2.30. The van der Waals surface area contributed by atoms with Gasteiger partial charge in [0.15, 0.2) is 0 Å². The third-order valence-electron chi connectivity index (χ3n) is 3.41. The minimum Gasteiger partial charge on any atom is -0.396 e. The number of Topliss-reactive ketones (excluding diaryl/α,β-unsaturated/α-hetero) is 1. The topological polar surface area (TPSA) is 37.3 Å². The Morgan fingerprint density at radius 2 is 2.23 bits per heavy atom. The van der Waals surface area contributed by atoms with Crippen LogP contribution in [0, 0.1) is 17.3 Å². The Bertz CT molecular complexity index is 198. The molecule has 1 fully saturated rings. The van der Waals surface area contributed by atoms with Crippen molar-refractivity contribution in [1.82, 2.24) is 0 Å². The van der Waals surface area contributed by atoms with Crippen molar-refractivity contribution >= 4 is 5.78 Å². The summed E-state index contributed by atoms with van der Waals surface area (Å²) >= 11 is 0. The van der Waals surface area contributed by atoms with E-state index in [1.807, 2.05) is 6.92 Å². The summed E-state index contributed by atoms with van der Waals surface area (Å²) in [5, 5.41) is 8.88. The van der Waals surface area contributed by atoms with Crippen molar-refractivity contribution in [3.63, 3.8) is 0 Å². The van der Waals surface area contributed by atoms with Crippen molar-refractivity contribution in [3.8, 4) is 0 Å². The van der Waals surface area contributed by atoms with Gasteiger partial charge in [-0.15, -0.1) is 0 Å². The number of carbonyl (C=O) groups excluding carboxylic acids is 1. The maximum absolute atomic E-state index is 11.9. The zero-order valence-corrected chi connectivity index (χ0v) is 8.84. The van der Waals surface area contributed by atoms with E-state index in [4.69, 9.17) is 5.11 Å². The number of carbonyl (C=O) groups is 1. The van der Waals surface area contributed by atoms with Gasteiger partial charge >= 0.3 is 0 Å². The maximum Gasteiger partial charge on any atom is 0.142 e. The fraction of sp³-hybridized carbons (Fsp3) is 0.909. The highest BCUT2D eigenvalue weighted by molar-refractivity contribution is 5.88. The number of hydrogen-bond donors (Lipinski definition) is 1. The molecule has 76 valence electrons. The molecule has 1 rings (SSSR count). The summed E-state index contributed by atoms with van der Waals surface area (Å²) in [6.07, 6.45) is 2.59. The molecule has 0 saturated heterocycles. The molecule has 0 bridgehead atoms. The van der Waals surface area contributed by atoms with E-state index in [2.05, 4.69) is 13.8 Å². The van der Waals surface area contributed by atoms with Gasteiger partial charge in [0.1, 0.15) is 5.78 Å². The van der Waals surface area contributed by atoms with Crippen molar-refractivity contribution < 1.29 is 9.90 Å². The number of rotatable bonds is 3. The quantitative estimate of drug-likeness (QED) is 0.728. The van der Waals surface area contributed by atoms with Gasteiger partial charge in [-0.2, -0.15) is 0 Å². The summed E-state index contributed by atoms with van der Waals surface area (Å²) in [6.45, 7) is 6.33. The molecule has 0 spiro atoms. The van der Waals surface area contributed by atoms with Crippen LogP contribution in [0.4, 0.5) is 0 Å². The molecule has 0 amide bonds. The van der Waals surface area contributed by atoms with Gasteiger partial charge in [-0.05, 0) is 25.2 Å². The molecule has 0 aromatic heterocycles. The molecular formula is C11H20O2. The highest BCUT2D eigenvalue weighted by Gasteiger charge is 2.44. The molecule has 2 heteroatoms. The summed E-state index contributed by atoms with van der Waals surface area (Å²) in [7, 11) is 0. The van der Waals surface area contributed by atoms with Gasteiger partial charge in [-0.25, -0.2) is 0 Å². The van der Waals surface area contributed by atoms with Gasteiger partial charge in [0.2, 0.25) is 0 Å². The van der Waals surface area contributed by atoms with Crippen LogP contribution in [0.25, 0.3) is 0 Å². The van der Waals surface area contributed by atoms with Crippen LogP contribution in [0.3, 0.4) is 0 Å². The van der Waals surface area contributed by atoms with Crippen LogP contribution < -0.4 is 0 Å². The Balaban J connectivity index is 2.69. The number of ketones is 1. The van der Waals surface area contributed by atoms with Gasteiger partial charge in [0, 0.05) is 17.9 Å². The van der Waals surface area contributed by atoms with Crippen LogP contribution in [0.15, 0.2) is 0 Å². The Labute approximate surface area is 80.3 Å². The Hall–Kier alpha value is -0.370. The predicted molar refractivity (Wildman–Crippen MR) is 52.4 cm³/mol. The van der Waals surface area contributed by atoms with E-state index >= 15 is 0 Å². The van der Waals surface area contributed by atoms with Crippen LogP contribution in [-0.4, -0.2) is 17.5 Å². The fourth-order valence-corrected chi connectivity index (χ4v) is 2.31. The van der Waals surface area contributed by atoms with Crippen LogP contribution in [0.1, 0.15) is 40.0 Å². The van der Waals surface area contributed by atoms with Gasteiger partial charge in [-0.1, -0.05) is 20.8 Å². The Kier molecular flexibility index (Phi) is 3.12. The molecule has 2 unspecified atom stereocenters. The standard InChI is InChI=1S/C11H20O2/c1-8(2)9-4-5-11(3,6-7-12)10(9)13/h8-9,12H,4-7H2,1-3H3. The maximum atomic E-state index is 11.9. The highest BCUT2D eigenvalue weighted by atomic mass is 16.3. The van der Waals surface area contributed by atoms with Crippen LogP contribution in [0.5, 0.6) is 0 Å². The molecule has 2 nitrogen and oxygen atoms in total. The number of hydrogen-bond acceptors (Lipinski definition) is 2. The lowest BCUT2D eigenvalue weighted by Crippen LogP contribution is -2.28. The van der Waals surface area contributed by atoms with E-state index in [0.717, 1.165) is 12.8 Å². The molecule has 0 aliphatic heterocycles. The first-order valence-electron chi connectivity index (χ1n) is 5.16. The third kappa shape index (κ3) is 1.93. The highest BCUT2D eigenvalue weighted by Crippen LogP contribution is 2.43. The van der Waals surface area contributed by atoms with Gasteiger partial charge in [0.25, 0.3) is 0 Å². The SMILES string of the molecule is CC(C)C1CCC(C)(CCO)C1=O. The van der Waals surface area contributed by atoms with E-state index in [-0.39, 0.29) is 17.9 Å². The molecule has 0 aromatic rings. The van der Waals surface area contributed by atoms with E-state index < -0.39 is 0 Å². The summed E-state index contributed by atoms with van der Waals surface area (Å²) in [4.78, 5) is 11.9. The minimum atomic E-state index is -0.232. The Morgan fingerprint density at radius 3 is 2.62 bits per heavy atom. The fourth-order valence-electron chi connectivity index (χ4n) is 2.31. The smallest absolute Gasteiger partial charge is 0.142 e. The number of aliphatic hydroxyl groups is 1. The second kappa shape index (κ2) is 3.79. The van der Waals surface area contributed by atoms with Crippen LogP contribution in [0.2, 0.25) is 0 Å². The van der Waals surface area contributed by atoms with Crippen molar-refractivity contribution in [2.24, 2.45) is 17.3 Å². The third-order valence-corrected chi connectivity index (χ3v) is 3.41. The molecule has 1 aliphatic carbocycles. The van der Waals surface area contributed by atoms with Gasteiger partial charge < -0.3 is 5.11 Å². The molecular weight excluding hydrogens is 164 g/mol.